The monoisotopic (exact) mass is 593 g/mol. The van der Waals surface area contributed by atoms with Crippen molar-refractivity contribution in [2.24, 2.45) is 0 Å². The second-order valence-corrected chi connectivity index (χ2v) is 12.5. The number of likely N-dealkylation sites (N-methyl/N-ethyl adjacent to an activating group) is 1. The number of aryl methyl sites for hydroxylation is 1. The summed E-state index contributed by atoms with van der Waals surface area (Å²) in [5, 5.41) is 12.1. The van der Waals surface area contributed by atoms with Gasteiger partial charge in [-0.1, -0.05) is 43.3 Å². The van der Waals surface area contributed by atoms with Gasteiger partial charge >= 0.3 is 6.01 Å². The molecule has 2 aromatic carbocycles. The van der Waals surface area contributed by atoms with Crippen LogP contribution >= 0.6 is 0 Å². The van der Waals surface area contributed by atoms with Gasteiger partial charge in [-0.25, -0.2) is 0 Å². The number of rotatable bonds is 9. The molecule has 44 heavy (non-hydrogen) atoms. The number of hydrogen-bond acceptors (Lipinski definition) is 8. The predicted octanol–water partition coefficient (Wildman–Crippen LogP) is 4.87. The Bertz CT molecular complexity index is 1570. The van der Waals surface area contributed by atoms with Crippen molar-refractivity contribution in [2.75, 3.05) is 49.6 Å². The largest absolute Gasteiger partial charge is 0.459 e. The van der Waals surface area contributed by atoms with Crippen LogP contribution in [0, 0.1) is 18.3 Å². The highest BCUT2D eigenvalue weighted by atomic mass is 16.5. The Morgan fingerprint density at radius 2 is 1.98 bits per heavy atom. The van der Waals surface area contributed by atoms with Crippen LogP contribution in [0.1, 0.15) is 49.4 Å². The molecule has 0 N–H and O–H groups in total. The van der Waals surface area contributed by atoms with E-state index in [1.165, 1.54) is 47.4 Å². The molecule has 2 unspecified atom stereocenters. The van der Waals surface area contributed by atoms with Crippen LogP contribution in [0.3, 0.4) is 0 Å². The maximum absolute atomic E-state index is 12.6. The minimum atomic E-state index is -0.233. The summed E-state index contributed by atoms with van der Waals surface area (Å²) in [6.07, 6.45) is 6.11. The smallest absolute Gasteiger partial charge is 0.318 e. The second kappa shape index (κ2) is 12.8. The van der Waals surface area contributed by atoms with Crippen molar-refractivity contribution in [3.8, 4) is 12.1 Å². The Morgan fingerprint density at radius 3 is 2.70 bits per heavy atom. The molecule has 2 aliphatic heterocycles. The number of nitriles is 1. The number of carbonyl (C=O) groups is 1. The molecule has 6 rings (SSSR count). The first kappa shape index (κ1) is 29.9. The van der Waals surface area contributed by atoms with Crippen molar-refractivity contribution in [3.05, 3.63) is 65.9 Å². The van der Waals surface area contributed by atoms with E-state index >= 15 is 0 Å². The van der Waals surface area contributed by atoms with Crippen molar-refractivity contribution >= 4 is 28.2 Å². The van der Waals surface area contributed by atoms with Crippen molar-refractivity contribution < 1.29 is 9.53 Å². The molecule has 2 fully saturated rings. The molecular weight excluding hydrogens is 550 g/mol. The van der Waals surface area contributed by atoms with Crippen LogP contribution in [0.4, 0.5) is 11.5 Å². The molecule has 3 aromatic rings. The van der Waals surface area contributed by atoms with Gasteiger partial charge in [0.25, 0.3) is 0 Å². The molecule has 3 heterocycles. The zero-order valence-electron chi connectivity index (χ0n) is 26.2. The number of amides is 1. The fraction of sp³-hybridized carbons (Fsp3) is 0.486. The molecule has 1 aromatic heterocycles. The van der Waals surface area contributed by atoms with Crippen molar-refractivity contribution in [1.29, 1.82) is 5.26 Å². The second-order valence-electron chi connectivity index (χ2n) is 12.5. The number of hydrogen-bond donors (Lipinski definition) is 0. The number of carbonyl (C=O) groups excluding carboxylic acids is 1. The van der Waals surface area contributed by atoms with E-state index in [2.05, 4.69) is 84.6 Å². The molecule has 230 valence electrons. The Kier molecular flexibility index (Phi) is 8.72. The van der Waals surface area contributed by atoms with Crippen molar-refractivity contribution in [2.45, 2.75) is 70.7 Å². The van der Waals surface area contributed by atoms with Gasteiger partial charge in [0.2, 0.25) is 5.91 Å². The number of piperazine rings is 1. The van der Waals surface area contributed by atoms with E-state index in [0.717, 1.165) is 36.6 Å². The Balaban J connectivity index is 1.33. The lowest BCUT2D eigenvalue weighted by molar-refractivity contribution is -0.128. The first-order chi connectivity index (χ1) is 21.4. The predicted molar refractivity (Wildman–Crippen MR) is 174 cm³/mol. The molecule has 0 bridgehead atoms. The number of aromatic nitrogens is 2. The van der Waals surface area contributed by atoms with Gasteiger partial charge in [-0.15, -0.1) is 0 Å². The summed E-state index contributed by atoms with van der Waals surface area (Å²) in [5.74, 6) is 0.732. The van der Waals surface area contributed by atoms with Gasteiger partial charge in [-0.05, 0) is 63.2 Å². The lowest BCUT2D eigenvalue weighted by Gasteiger charge is -2.42. The Morgan fingerprint density at radius 1 is 1.18 bits per heavy atom. The van der Waals surface area contributed by atoms with Gasteiger partial charge in [-0.3, -0.25) is 9.69 Å². The molecule has 1 amide bonds. The fourth-order valence-electron chi connectivity index (χ4n) is 7.01. The maximum atomic E-state index is 12.6. The van der Waals surface area contributed by atoms with Crippen LogP contribution in [0.2, 0.25) is 0 Å². The third-order valence-corrected chi connectivity index (χ3v) is 9.57. The first-order valence-electron chi connectivity index (χ1n) is 15.9. The van der Waals surface area contributed by atoms with Crippen LogP contribution < -0.4 is 14.5 Å². The SMILES string of the molecule is C=CC(=O)N1CCN(c2nc(OC(C)CN(C)C3CCC3)nc3c2CCN(c2cccc4cccc(C)c24)C3)CC1CC#N. The van der Waals surface area contributed by atoms with E-state index in [1.54, 1.807) is 4.90 Å². The van der Waals surface area contributed by atoms with Crippen LogP contribution in [0.5, 0.6) is 6.01 Å². The molecule has 0 radical (unpaired) electrons. The third-order valence-electron chi connectivity index (χ3n) is 9.57. The minimum Gasteiger partial charge on any atom is -0.459 e. The molecule has 1 saturated carbocycles. The lowest BCUT2D eigenvalue weighted by Crippen LogP contribution is -2.55. The minimum absolute atomic E-state index is 0.0692. The first-order valence-corrected chi connectivity index (χ1v) is 15.9. The standard InChI is InChI=1S/C35H43N7O2/c1-5-32(43)42-20-19-41(22-28(42)15-17-36)34-29-16-18-40(31-14-7-11-26-10-6-9-24(2)33(26)31)23-30(29)37-35(38-34)44-25(3)21-39(4)27-12-8-13-27/h5-7,9-11,14,25,27-28H,1,8,12-13,15-16,18-23H2,2-4H3. The van der Waals surface area contributed by atoms with Crippen molar-refractivity contribution in [3.63, 3.8) is 0 Å². The van der Waals surface area contributed by atoms with Gasteiger partial charge in [-0.2, -0.15) is 15.2 Å². The molecule has 3 aliphatic rings. The molecule has 2 atom stereocenters. The molecule has 1 saturated heterocycles. The highest BCUT2D eigenvalue weighted by molar-refractivity contribution is 5.97. The van der Waals surface area contributed by atoms with E-state index in [4.69, 9.17) is 14.7 Å². The van der Waals surface area contributed by atoms with E-state index in [1.807, 2.05) is 0 Å². The van der Waals surface area contributed by atoms with E-state index in [-0.39, 0.29) is 24.5 Å². The van der Waals surface area contributed by atoms with Gasteiger partial charge < -0.3 is 19.4 Å². The fourth-order valence-corrected chi connectivity index (χ4v) is 7.01. The van der Waals surface area contributed by atoms with Crippen LogP contribution in [-0.4, -0.2) is 83.6 Å². The number of benzene rings is 2. The van der Waals surface area contributed by atoms with Gasteiger partial charge in [0.05, 0.1) is 30.8 Å². The summed E-state index contributed by atoms with van der Waals surface area (Å²) < 4.78 is 6.44. The molecular formula is C35H43N7O2. The van der Waals surface area contributed by atoms with Crippen LogP contribution in [0.15, 0.2) is 49.1 Å². The van der Waals surface area contributed by atoms with Crippen LogP contribution in [0.25, 0.3) is 10.8 Å². The highest BCUT2D eigenvalue weighted by Crippen LogP contribution is 2.36. The average Bonchev–Trinajstić information content (AvgIpc) is 2.99. The summed E-state index contributed by atoms with van der Waals surface area (Å²) in [5.41, 5.74) is 4.58. The van der Waals surface area contributed by atoms with Crippen molar-refractivity contribution in [1.82, 2.24) is 19.8 Å². The Labute approximate surface area is 260 Å². The maximum Gasteiger partial charge on any atom is 0.318 e. The summed E-state index contributed by atoms with van der Waals surface area (Å²) >= 11 is 0. The third kappa shape index (κ3) is 5.96. The molecule has 0 spiro atoms. The molecule has 9 nitrogen and oxygen atoms in total. The number of fused-ring (bicyclic) bond motifs is 2. The number of ether oxygens (including phenoxy) is 1. The Hall–Kier alpha value is -4.16. The van der Waals surface area contributed by atoms with Gasteiger partial charge in [0, 0.05) is 55.4 Å². The summed E-state index contributed by atoms with van der Waals surface area (Å²) in [6.45, 7) is 11.9. The lowest BCUT2D eigenvalue weighted by atomic mass is 9.92. The van der Waals surface area contributed by atoms with Crippen LogP contribution in [-0.2, 0) is 17.8 Å². The molecule has 1 aliphatic carbocycles. The summed E-state index contributed by atoms with van der Waals surface area (Å²) in [6, 6.07) is 16.0. The summed E-state index contributed by atoms with van der Waals surface area (Å²) in [4.78, 5) is 31.4. The highest BCUT2D eigenvalue weighted by Gasteiger charge is 2.34. The average molecular weight is 594 g/mol. The van der Waals surface area contributed by atoms with Gasteiger partial charge in [0.15, 0.2) is 0 Å². The number of nitrogens with zero attached hydrogens (tertiary/aromatic N) is 7. The molecule has 9 heteroatoms. The van der Waals surface area contributed by atoms with E-state index in [9.17, 15) is 10.1 Å². The zero-order valence-corrected chi connectivity index (χ0v) is 26.2. The number of anilines is 2. The normalized spacial score (nSPS) is 19.3. The quantitative estimate of drug-likeness (QED) is 0.325. The zero-order chi connectivity index (χ0) is 30.8. The van der Waals surface area contributed by atoms with Gasteiger partial charge in [0.1, 0.15) is 11.9 Å². The summed E-state index contributed by atoms with van der Waals surface area (Å²) in [7, 11) is 2.17. The van der Waals surface area contributed by atoms with E-state index < -0.39 is 0 Å². The topological polar surface area (TPSA) is 88.8 Å². The van der Waals surface area contributed by atoms with E-state index in [0.29, 0.717) is 38.2 Å².